The van der Waals surface area contributed by atoms with Crippen molar-refractivity contribution in [3.8, 4) is 11.5 Å². The molecule has 1 aliphatic heterocycles. The Labute approximate surface area is 204 Å². The Morgan fingerprint density at radius 1 is 1.06 bits per heavy atom. The monoisotopic (exact) mass is 500 g/mol. The van der Waals surface area contributed by atoms with Crippen molar-refractivity contribution in [3.05, 3.63) is 60.2 Å². The third-order valence-electron chi connectivity index (χ3n) is 6.17. The van der Waals surface area contributed by atoms with Crippen LogP contribution in [-0.4, -0.2) is 61.5 Å². The third-order valence-corrected chi connectivity index (χ3v) is 6.17. The zero-order chi connectivity index (χ0) is 25.3. The molecule has 4 heterocycles. The highest BCUT2D eigenvalue weighted by molar-refractivity contribution is 5.89. The summed E-state index contributed by atoms with van der Waals surface area (Å²) in [6.07, 6.45) is 0.0874. The number of nitrogens with zero attached hydrogens (tertiary/aromatic N) is 6. The van der Waals surface area contributed by atoms with Gasteiger partial charge in [-0.2, -0.15) is 18.3 Å². The second-order valence-electron chi connectivity index (χ2n) is 8.77. The zero-order valence-corrected chi connectivity index (χ0v) is 19.2. The van der Waals surface area contributed by atoms with Crippen LogP contribution in [-0.2, 0) is 6.54 Å². The van der Waals surface area contributed by atoms with Crippen LogP contribution < -0.4 is 11.1 Å². The number of anilines is 2. The summed E-state index contributed by atoms with van der Waals surface area (Å²) < 4.78 is 53.7. The van der Waals surface area contributed by atoms with Crippen LogP contribution in [0.5, 0.6) is 0 Å². The molecule has 1 fully saturated rings. The van der Waals surface area contributed by atoms with E-state index >= 15 is 0 Å². The molecule has 4 aromatic rings. The minimum Gasteiger partial charge on any atom is -0.382 e. The lowest BCUT2D eigenvalue weighted by molar-refractivity contribution is -0.147. The molecule has 1 aromatic carbocycles. The molecule has 0 unspecified atom stereocenters. The predicted molar refractivity (Wildman–Crippen MR) is 128 cm³/mol. The molecule has 1 aliphatic rings. The van der Waals surface area contributed by atoms with E-state index in [1.807, 2.05) is 6.07 Å². The lowest BCUT2D eigenvalue weighted by Crippen LogP contribution is -2.43. The number of likely N-dealkylation sites (tertiary alicyclic amines) is 1. The van der Waals surface area contributed by atoms with Gasteiger partial charge in [0.05, 0.1) is 30.4 Å². The summed E-state index contributed by atoms with van der Waals surface area (Å²) in [5.74, 6) is 0.167. The molecule has 0 radical (unpaired) electrons. The number of hydrogen-bond donors (Lipinski definition) is 2. The Balaban J connectivity index is 1.34. The van der Waals surface area contributed by atoms with Crippen molar-refractivity contribution in [1.29, 1.82) is 0 Å². The van der Waals surface area contributed by atoms with Crippen molar-refractivity contribution in [2.24, 2.45) is 0 Å². The van der Waals surface area contributed by atoms with Crippen molar-refractivity contribution in [2.45, 2.75) is 31.6 Å². The van der Waals surface area contributed by atoms with E-state index in [1.165, 1.54) is 11.0 Å². The van der Waals surface area contributed by atoms with Gasteiger partial charge in [0.1, 0.15) is 11.5 Å². The number of aromatic nitrogens is 5. The highest BCUT2D eigenvalue weighted by Crippen LogP contribution is 2.28. The first kappa shape index (κ1) is 23.9. The number of nitrogens with one attached hydrogen (secondary N) is 1. The van der Waals surface area contributed by atoms with E-state index < -0.39 is 12.7 Å². The number of nitrogens with two attached hydrogens (primary N) is 1. The minimum atomic E-state index is -4.20. The van der Waals surface area contributed by atoms with Gasteiger partial charge < -0.3 is 11.1 Å². The van der Waals surface area contributed by atoms with Gasteiger partial charge in [0, 0.05) is 30.9 Å². The Kier molecular flexibility index (Phi) is 6.44. The van der Waals surface area contributed by atoms with Crippen LogP contribution in [0.15, 0.2) is 48.8 Å². The second kappa shape index (κ2) is 9.69. The molecule has 0 spiro atoms. The highest BCUT2D eigenvalue weighted by atomic mass is 19.4. The van der Waals surface area contributed by atoms with E-state index in [2.05, 4.69) is 25.4 Å². The van der Waals surface area contributed by atoms with E-state index in [4.69, 9.17) is 5.73 Å². The number of alkyl halides is 3. The molecule has 3 aromatic heterocycles. The van der Waals surface area contributed by atoms with Crippen LogP contribution in [0.1, 0.15) is 18.4 Å². The number of pyridine rings is 1. The van der Waals surface area contributed by atoms with Crippen molar-refractivity contribution >= 4 is 22.5 Å². The molecule has 188 valence electrons. The molecular weight excluding hydrogens is 476 g/mol. The Morgan fingerprint density at radius 2 is 1.83 bits per heavy atom. The molecule has 3 N–H and O–H groups in total. The number of benzene rings is 1. The average molecular weight is 501 g/mol. The fourth-order valence-corrected chi connectivity index (χ4v) is 4.40. The van der Waals surface area contributed by atoms with Crippen LogP contribution in [0, 0.1) is 5.82 Å². The van der Waals surface area contributed by atoms with Crippen LogP contribution in [0.4, 0.5) is 29.1 Å². The molecule has 8 nitrogen and oxygen atoms in total. The van der Waals surface area contributed by atoms with E-state index in [0.717, 1.165) is 0 Å². The summed E-state index contributed by atoms with van der Waals surface area (Å²) in [5, 5.41) is 8.56. The summed E-state index contributed by atoms with van der Waals surface area (Å²) >= 11 is 0. The highest BCUT2D eigenvalue weighted by Gasteiger charge is 2.32. The summed E-state index contributed by atoms with van der Waals surface area (Å²) in [7, 11) is 0. The maximum Gasteiger partial charge on any atom is 0.401 e. The SMILES string of the molecule is Nc1nc(-c2nn(Cc3ccccc3F)c3ncccc23)ncc1NC1CCN(CC(F)(F)F)CC1. The number of halogens is 4. The quantitative estimate of drug-likeness (QED) is 0.385. The van der Waals surface area contributed by atoms with Crippen LogP contribution in [0.3, 0.4) is 0 Å². The lowest BCUT2D eigenvalue weighted by atomic mass is 10.0. The van der Waals surface area contributed by atoms with Gasteiger partial charge in [0.15, 0.2) is 17.3 Å². The van der Waals surface area contributed by atoms with Gasteiger partial charge in [-0.3, -0.25) is 4.90 Å². The number of fused-ring (bicyclic) bond motifs is 1. The lowest BCUT2D eigenvalue weighted by Gasteiger charge is -2.33. The largest absolute Gasteiger partial charge is 0.401 e. The van der Waals surface area contributed by atoms with Gasteiger partial charge in [0.2, 0.25) is 0 Å². The van der Waals surface area contributed by atoms with Crippen molar-refractivity contribution in [1.82, 2.24) is 29.6 Å². The summed E-state index contributed by atoms with van der Waals surface area (Å²) in [4.78, 5) is 14.7. The normalized spacial score (nSPS) is 15.4. The zero-order valence-electron chi connectivity index (χ0n) is 19.2. The number of hydrogen-bond acceptors (Lipinski definition) is 7. The van der Waals surface area contributed by atoms with Gasteiger partial charge >= 0.3 is 6.18 Å². The summed E-state index contributed by atoms with van der Waals surface area (Å²) in [6, 6.07) is 10.0. The van der Waals surface area contributed by atoms with Gasteiger partial charge in [0.25, 0.3) is 0 Å². The minimum absolute atomic E-state index is 0.0313. The van der Waals surface area contributed by atoms with Gasteiger partial charge in [-0.25, -0.2) is 24.0 Å². The smallest absolute Gasteiger partial charge is 0.382 e. The maximum absolute atomic E-state index is 14.2. The Morgan fingerprint density at radius 3 is 2.56 bits per heavy atom. The van der Waals surface area contributed by atoms with Gasteiger partial charge in [-0.15, -0.1) is 0 Å². The Hall–Kier alpha value is -3.80. The first-order valence-corrected chi connectivity index (χ1v) is 11.5. The van der Waals surface area contributed by atoms with Crippen LogP contribution >= 0.6 is 0 Å². The van der Waals surface area contributed by atoms with Crippen LogP contribution in [0.25, 0.3) is 22.6 Å². The fraction of sp³-hybridized carbons (Fsp3) is 0.333. The molecule has 0 amide bonds. The van der Waals surface area contributed by atoms with E-state index in [-0.39, 0.29) is 24.2 Å². The molecular formula is C24H24F4N8. The topological polar surface area (TPSA) is 97.8 Å². The standard InChI is InChI=1S/C24H24F4N8/c25-18-6-2-1-4-15(18)13-36-23-17(5-3-9-30-23)20(34-36)22-31-12-19(21(29)33-22)32-16-7-10-35(11-8-16)14-24(26,27)28/h1-6,9,12,16,32H,7-8,10-11,13-14H2,(H2,29,31,33). The molecule has 36 heavy (non-hydrogen) atoms. The molecule has 0 bridgehead atoms. The third kappa shape index (κ3) is 5.23. The van der Waals surface area contributed by atoms with Gasteiger partial charge in [-0.1, -0.05) is 18.2 Å². The van der Waals surface area contributed by atoms with Gasteiger partial charge in [-0.05, 0) is 31.0 Å². The molecule has 0 atom stereocenters. The van der Waals surface area contributed by atoms with Crippen molar-refractivity contribution < 1.29 is 17.6 Å². The maximum atomic E-state index is 14.2. The molecule has 0 aliphatic carbocycles. The fourth-order valence-electron chi connectivity index (χ4n) is 4.40. The average Bonchev–Trinajstić information content (AvgIpc) is 3.21. The molecule has 12 heteroatoms. The number of nitrogen functional groups attached to an aromatic ring is 1. The predicted octanol–water partition coefficient (Wildman–Crippen LogP) is 4.10. The van der Waals surface area contributed by atoms with Crippen molar-refractivity contribution in [2.75, 3.05) is 30.7 Å². The van der Waals surface area contributed by atoms with E-state index in [1.54, 1.807) is 41.3 Å². The van der Waals surface area contributed by atoms with Crippen LogP contribution in [0.2, 0.25) is 0 Å². The number of piperidine rings is 1. The molecule has 0 saturated carbocycles. The first-order valence-electron chi connectivity index (χ1n) is 11.5. The molecule has 5 rings (SSSR count). The first-order chi connectivity index (χ1) is 17.3. The number of rotatable bonds is 6. The second-order valence-corrected chi connectivity index (χ2v) is 8.77. The summed E-state index contributed by atoms with van der Waals surface area (Å²) in [6.45, 7) is -0.0305. The Bertz CT molecular complexity index is 1360. The van der Waals surface area contributed by atoms with E-state index in [0.29, 0.717) is 59.7 Å². The van der Waals surface area contributed by atoms with E-state index in [9.17, 15) is 17.6 Å². The van der Waals surface area contributed by atoms with Crippen molar-refractivity contribution in [3.63, 3.8) is 0 Å². The summed E-state index contributed by atoms with van der Waals surface area (Å²) in [5.41, 5.74) is 8.22. The molecule has 1 saturated heterocycles.